The number of sulfone groups is 1. The topological polar surface area (TPSA) is 81.7 Å². The molecule has 0 aliphatic carbocycles. The zero-order chi connectivity index (χ0) is 21.3. The van der Waals surface area contributed by atoms with Crippen LogP contribution in [0.1, 0.15) is 25.8 Å². The molecule has 0 spiro atoms. The quantitative estimate of drug-likeness (QED) is 0.491. The third kappa shape index (κ3) is 7.04. The zero-order valence-corrected chi connectivity index (χ0v) is 19.0. The summed E-state index contributed by atoms with van der Waals surface area (Å²) >= 11 is 3.47. The molecule has 0 saturated carbocycles. The summed E-state index contributed by atoms with van der Waals surface area (Å²) in [5, 5.41) is 2.78. The molecule has 0 radical (unpaired) electrons. The van der Waals surface area contributed by atoms with Gasteiger partial charge in [0.15, 0.2) is 21.3 Å². The fourth-order valence-electron chi connectivity index (χ4n) is 2.72. The normalized spacial score (nSPS) is 11.1. The Bertz CT molecular complexity index is 916. The lowest BCUT2D eigenvalue weighted by molar-refractivity contribution is -0.120. The maximum absolute atomic E-state index is 12.3. The van der Waals surface area contributed by atoms with Crippen LogP contribution < -0.4 is 14.8 Å². The summed E-state index contributed by atoms with van der Waals surface area (Å²) in [6, 6.07) is 11.9. The molecule has 0 saturated heterocycles. The molecule has 0 atom stereocenters. The van der Waals surface area contributed by atoms with Gasteiger partial charge in [-0.1, -0.05) is 34.1 Å². The lowest BCUT2D eigenvalue weighted by Gasteiger charge is -2.14. The maximum atomic E-state index is 12.3. The Morgan fingerprint density at radius 3 is 2.28 bits per heavy atom. The Labute approximate surface area is 180 Å². The van der Waals surface area contributed by atoms with Crippen LogP contribution in [0.3, 0.4) is 0 Å². The first kappa shape index (κ1) is 23.2. The van der Waals surface area contributed by atoms with Gasteiger partial charge in [0, 0.05) is 11.0 Å². The molecule has 0 bridgehead atoms. The van der Waals surface area contributed by atoms with Gasteiger partial charge in [-0.3, -0.25) is 4.79 Å². The van der Waals surface area contributed by atoms with Gasteiger partial charge in [-0.15, -0.1) is 0 Å². The van der Waals surface area contributed by atoms with E-state index in [1.165, 1.54) is 0 Å². The van der Waals surface area contributed by atoms with Crippen LogP contribution in [0.5, 0.6) is 11.5 Å². The van der Waals surface area contributed by atoms with Crippen molar-refractivity contribution in [1.82, 2.24) is 5.32 Å². The zero-order valence-electron chi connectivity index (χ0n) is 16.6. The van der Waals surface area contributed by atoms with Crippen molar-refractivity contribution in [3.8, 4) is 11.5 Å². The van der Waals surface area contributed by atoms with E-state index in [-0.39, 0.29) is 24.6 Å². The fraction of sp³-hybridized carbons (Fsp3) is 0.381. The van der Waals surface area contributed by atoms with Gasteiger partial charge >= 0.3 is 0 Å². The second-order valence-corrected chi connectivity index (χ2v) is 9.23. The summed E-state index contributed by atoms with van der Waals surface area (Å²) in [7, 11) is -3.34. The molecule has 2 aromatic rings. The van der Waals surface area contributed by atoms with Crippen LogP contribution in [-0.4, -0.2) is 39.8 Å². The first-order chi connectivity index (χ1) is 13.9. The monoisotopic (exact) mass is 483 g/mol. The highest BCUT2D eigenvalue weighted by atomic mass is 79.9. The fourth-order valence-corrected chi connectivity index (χ4v) is 4.51. The lowest BCUT2D eigenvalue weighted by atomic mass is 10.1. The number of nitrogens with one attached hydrogen (secondary N) is 1. The molecule has 2 rings (SSSR count). The number of halogens is 1. The summed E-state index contributed by atoms with van der Waals surface area (Å²) in [5.74, 6) is 1.01. The molecule has 1 amide bonds. The summed E-state index contributed by atoms with van der Waals surface area (Å²) in [5.41, 5.74) is 0.770. The van der Waals surface area contributed by atoms with E-state index in [0.717, 1.165) is 10.0 Å². The van der Waals surface area contributed by atoms with Crippen molar-refractivity contribution in [2.45, 2.75) is 31.6 Å². The standard InChI is InChI=1S/C21H26BrNO5S/c1-3-27-19-13-16(18(22)15-20(19)28-4-2)14-21(24)23-11-8-12-29(25,26)17-9-6-5-7-10-17/h5-7,9-10,13,15H,3-4,8,11-12,14H2,1-2H3,(H,23,24). The van der Waals surface area contributed by atoms with Gasteiger partial charge in [0.25, 0.3) is 0 Å². The Morgan fingerprint density at radius 1 is 1.03 bits per heavy atom. The number of benzene rings is 2. The van der Waals surface area contributed by atoms with Crippen LogP contribution in [0.4, 0.5) is 0 Å². The number of rotatable bonds is 11. The maximum Gasteiger partial charge on any atom is 0.224 e. The predicted molar refractivity (Wildman–Crippen MR) is 116 cm³/mol. The number of hydrogen-bond acceptors (Lipinski definition) is 5. The second kappa shape index (κ2) is 11.2. The van der Waals surface area contributed by atoms with Crippen molar-refractivity contribution in [3.63, 3.8) is 0 Å². The van der Waals surface area contributed by atoms with Gasteiger partial charge in [-0.2, -0.15) is 0 Å². The van der Waals surface area contributed by atoms with Crippen LogP contribution in [0, 0.1) is 0 Å². The first-order valence-electron chi connectivity index (χ1n) is 9.50. The van der Waals surface area contributed by atoms with E-state index < -0.39 is 9.84 Å². The van der Waals surface area contributed by atoms with Crippen LogP contribution in [0.25, 0.3) is 0 Å². The minimum absolute atomic E-state index is 0.0153. The number of carbonyl (C=O) groups excluding carboxylic acids is 1. The smallest absolute Gasteiger partial charge is 0.224 e. The third-order valence-electron chi connectivity index (χ3n) is 4.08. The average molecular weight is 484 g/mol. The minimum Gasteiger partial charge on any atom is -0.490 e. The predicted octanol–water partition coefficient (Wildman–Crippen LogP) is 3.77. The lowest BCUT2D eigenvalue weighted by Crippen LogP contribution is -2.27. The van der Waals surface area contributed by atoms with Crippen LogP contribution in [0.15, 0.2) is 51.8 Å². The van der Waals surface area contributed by atoms with E-state index in [1.54, 1.807) is 42.5 Å². The van der Waals surface area contributed by atoms with Gasteiger partial charge in [0.2, 0.25) is 5.91 Å². The van der Waals surface area contributed by atoms with Crippen molar-refractivity contribution >= 4 is 31.7 Å². The third-order valence-corrected chi connectivity index (χ3v) is 6.63. The molecule has 2 aromatic carbocycles. The molecule has 0 heterocycles. The molecule has 0 aromatic heterocycles. The van der Waals surface area contributed by atoms with Crippen molar-refractivity contribution in [3.05, 3.63) is 52.5 Å². The van der Waals surface area contributed by atoms with Crippen LogP contribution >= 0.6 is 15.9 Å². The SMILES string of the molecule is CCOc1cc(Br)c(CC(=O)NCCCS(=O)(=O)c2ccccc2)cc1OCC. The highest BCUT2D eigenvalue weighted by Crippen LogP contribution is 2.34. The molecule has 0 aliphatic heterocycles. The molecule has 1 N–H and O–H groups in total. The molecule has 8 heteroatoms. The van der Waals surface area contributed by atoms with E-state index >= 15 is 0 Å². The van der Waals surface area contributed by atoms with Crippen molar-refractivity contribution in [2.75, 3.05) is 25.5 Å². The highest BCUT2D eigenvalue weighted by molar-refractivity contribution is 9.10. The summed E-state index contributed by atoms with van der Waals surface area (Å²) in [4.78, 5) is 12.6. The number of amides is 1. The van der Waals surface area contributed by atoms with E-state index in [4.69, 9.17) is 9.47 Å². The Morgan fingerprint density at radius 2 is 1.66 bits per heavy atom. The molecule has 6 nitrogen and oxygen atoms in total. The Hall–Kier alpha value is -2.06. The minimum atomic E-state index is -3.34. The highest BCUT2D eigenvalue weighted by Gasteiger charge is 2.15. The van der Waals surface area contributed by atoms with Crippen molar-refractivity contribution < 1.29 is 22.7 Å². The van der Waals surface area contributed by atoms with E-state index in [0.29, 0.717) is 36.0 Å². The molecule has 0 aliphatic rings. The van der Waals surface area contributed by atoms with Crippen molar-refractivity contribution in [2.24, 2.45) is 0 Å². The molecular formula is C21H26BrNO5S. The Kier molecular flexibility index (Phi) is 8.98. The second-order valence-electron chi connectivity index (χ2n) is 6.27. The molecule has 29 heavy (non-hydrogen) atoms. The van der Waals surface area contributed by atoms with Gasteiger partial charge in [-0.05, 0) is 50.1 Å². The summed E-state index contributed by atoms with van der Waals surface area (Å²) in [6.07, 6.45) is 0.496. The summed E-state index contributed by atoms with van der Waals surface area (Å²) in [6.45, 7) is 5.07. The van der Waals surface area contributed by atoms with E-state index in [9.17, 15) is 13.2 Å². The van der Waals surface area contributed by atoms with Gasteiger partial charge in [0.1, 0.15) is 0 Å². The number of carbonyl (C=O) groups is 1. The van der Waals surface area contributed by atoms with Gasteiger partial charge in [-0.25, -0.2) is 8.42 Å². The molecule has 0 fully saturated rings. The first-order valence-corrected chi connectivity index (χ1v) is 11.9. The van der Waals surface area contributed by atoms with E-state index in [1.807, 2.05) is 13.8 Å². The molecule has 158 valence electrons. The van der Waals surface area contributed by atoms with Gasteiger partial charge < -0.3 is 14.8 Å². The molecular weight excluding hydrogens is 458 g/mol. The van der Waals surface area contributed by atoms with Crippen LogP contribution in [-0.2, 0) is 21.1 Å². The Balaban J connectivity index is 1.90. The molecule has 0 unspecified atom stereocenters. The van der Waals surface area contributed by atoms with Gasteiger partial charge in [0.05, 0.1) is 30.3 Å². The summed E-state index contributed by atoms with van der Waals surface area (Å²) < 4.78 is 36.4. The van der Waals surface area contributed by atoms with E-state index in [2.05, 4.69) is 21.2 Å². The number of hydrogen-bond donors (Lipinski definition) is 1. The van der Waals surface area contributed by atoms with Crippen LogP contribution in [0.2, 0.25) is 0 Å². The largest absolute Gasteiger partial charge is 0.490 e. The van der Waals surface area contributed by atoms with Crippen molar-refractivity contribution in [1.29, 1.82) is 0 Å². The number of ether oxygens (including phenoxy) is 2. The average Bonchev–Trinajstić information content (AvgIpc) is 2.70.